The molecule has 124 valence electrons. The highest BCUT2D eigenvalue weighted by Crippen LogP contribution is 2.33. The molecule has 2 aromatic rings. The monoisotopic (exact) mass is 327 g/mol. The average Bonchev–Trinajstić information content (AvgIpc) is 3.25. The number of carbonyl (C=O) groups is 1. The van der Waals surface area contributed by atoms with E-state index in [4.69, 9.17) is 18.9 Å². The van der Waals surface area contributed by atoms with Crippen LogP contribution in [0.2, 0.25) is 0 Å². The number of rotatable bonds is 5. The number of amides is 1. The number of nitrogens with one attached hydrogen (secondary N) is 1. The molecule has 2 aromatic carbocycles. The second-order valence-corrected chi connectivity index (χ2v) is 5.65. The molecule has 2 heterocycles. The molecule has 4 rings (SSSR count). The van der Waals surface area contributed by atoms with E-state index in [2.05, 4.69) is 5.32 Å². The molecule has 1 N–H and O–H groups in total. The Morgan fingerprint density at radius 2 is 1.42 bits per heavy atom. The molecule has 0 fully saturated rings. The van der Waals surface area contributed by atoms with Crippen molar-refractivity contribution in [1.29, 1.82) is 0 Å². The third kappa shape index (κ3) is 3.08. The van der Waals surface area contributed by atoms with Crippen molar-refractivity contribution in [2.45, 2.75) is 19.4 Å². The second-order valence-electron chi connectivity index (χ2n) is 5.65. The number of benzene rings is 2. The number of ether oxygens (including phenoxy) is 4. The molecular weight excluding hydrogens is 310 g/mol. The molecule has 0 radical (unpaired) electrons. The van der Waals surface area contributed by atoms with E-state index in [0.29, 0.717) is 19.4 Å². The molecule has 2 aliphatic heterocycles. The first kappa shape index (κ1) is 14.7. The Hall–Kier alpha value is -2.89. The smallest absolute Gasteiger partial charge is 0.231 e. The van der Waals surface area contributed by atoms with Gasteiger partial charge < -0.3 is 24.3 Å². The molecule has 0 aromatic heterocycles. The Balaban J connectivity index is 1.28. The summed E-state index contributed by atoms with van der Waals surface area (Å²) in [6.45, 7) is 0.978. The fraction of sp³-hybridized carbons (Fsp3) is 0.278. The predicted octanol–water partition coefficient (Wildman–Crippen LogP) is 2.39. The van der Waals surface area contributed by atoms with Crippen molar-refractivity contribution in [2.24, 2.45) is 0 Å². The zero-order valence-corrected chi connectivity index (χ0v) is 13.0. The van der Waals surface area contributed by atoms with Gasteiger partial charge >= 0.3 is 0 Å². The molecule has 2 aliphatic rings. The van der Waals surface area contributed by atoms with Gasteiger partial charge in [-0.25, -0.2) is 0 Å². The highest BCUT2D eigenvalue weighted by atomic mass is 16.7. The molecule has 6 nitrogen and oxygen atoms in total. The zero-order chi connectivity index (χ0) is 16.4. The summed E-state index contributed by atoms with van der Waals surface area (Å²) in [6.07, 6.45) is 1.08. The van der Waals surface area contributed by atoms with Gasteiger partial charge in [0.2, 0.25) is 19.5 Å². The molecule has 0 saturated carbocycles. The van der Waals surface area contributed by atoms with Crippen LogP contribution in [0.4, 0.5) is 0 Å². The first-order chi connectivity index (χ1) is 11.8. The molecule has 6 heteroatoms. The molecule has 0 aliphatic carbocycles. The molecule has 0 atom stereocenters. The van der Waals surface area contributed by atoms with Crippen molar-refractivity contribution < 1.29 is 23.7 Å². The molecule has 0 spiro atoms. The van der Waals surface area contributed by atoms with E-state index in [9.17, 15) is 4.79 Å². The molecule has 0 saturated heterocycles. The van der Waals surface area contributed by atoms with Gasteiger partial charge in [-0.15, -0.1) is 0 Å². The summed E-state index contributed by atoms with van der Waals surface area (Å²) in [5, 5.41) is 2.92. The van der Waals surface area contributed by atoms with Gasteiger partial charge in [0.05, 0.1) is 0 Å². The largest absolute Gasteiger partial charge is 0.454 e. The Morgan fingerprint density at radius 1 is 0.833 bits per heavy atom. The van der Waals surface area contributed by atoms with Crippen LogP contribution in [0.3, 0.4) is 0 Å². The summed E-state index contributed by atoms with van der Waals surface area (Å²) in [7, 11) is 0. The van der Waals surface area contributed by atoms with Gasteiger partial charge in [-0.1, -0.05) is 12.1 Å². The Kier molecular flexibility index (Phi) is 3.86. The summed E-state index contributed by atoms with van der Waals surface area (Å²) in [6, 6.07) is 11.4. The minimum atomic E-state index is 0.00494. The molecule has 24 heavy (non-hydrogen) atoms. The summed E-state index contributed by atoms with van der Waals surface area (Å²) < 4.78 is 21.2. The Labute approximate surface area is 139 Å². The van der Waals surface area contributed by atoms with Crippen molar-refractivity contribution in [3.63, 3.8) is 0 Å². The van der Waals surface area contributed by atoms with Gasteiger partial charge in [-0.2, -0.15) is 0 Å². The van der Waals surface area contributed by atoms with Crippen molar-refractivity contribution in [1.82, 2.24) is 5.32 Å². The highest BCUT2D eigenvalue weighted by Gasteiger charge is 2.15. The van der Waals surface area contributed by atoms with Gasteiger partial charge in [0.1, 0.15) is 0 Å². The second kappa shape index (κ2) is 6.31. The van der Waals surface area contributed by atoms with Crippen LogP contribution in [-0.4, -0.2) is 19.5 Å². The minimum absolute atomic E-state index is 0.00494. The van der Waals surface area contributed by atoms with E-state index < -0.39 is 0 Å². The lowest BCUT2D eigenvalue weighted by atomic mass is 10.1. The van der Waals surface area contributed by atoms with E-state index in [1.54, 1.807) is 0 Å². The van der Waals surface area contributed by atoms with Crippen LogP contribution in [0.5, 0.6) is 23.0 Å². The van der Waals surface area contributed by atoms with E-state index in [0.717, 1.165) is 34.1 Å². The first-order valence-electron chi connectivity index (χ1n) is 7.82. The van der Waals surface area contributed by atoms with Crippen LogP contribution < -0.4 is 24.3 Å². The lowest BCUT2D eigenvalue weighted by Gasteiger charge is -2.07. The molecule has 0 unspecified atom stereocenters. The van der Waals surface area contributed by atoms with Crippen LogP contribution in [0.15, 0.2) is 36.4 Å². The SMILES string of the molecule is O=C(CCc1ccc2c(c1)OCO2)NCc1ccc2c(c1)OCO2. The van der Waals surface area contributed by atoms with E-state index in [1.807, 2.05) is 36.4 Å². The van der Waals surface area contributed by atoms with Gasteiger partial charge in [0.15, 0.2) is 23.0 Å². The zero-order valence-electron chi connectivity index (χ0n) is 13.0. The average molecular weight is 327 g/mol. The van der Waals surface area contributed by atoms with E-state index in [1.165, 1.54) is 0 Å². The summed E-state index contributed by atoms with van der Waals surface area (Å²) in [5.41, 5.74) is 2.04. The number of carbonyl (C=O) groups excluding carboxylic acids is 1. The van der Waals surface area contributed by atoms with E-state index in [-0.39, 0.29) is 19.5 Å². The maximum absolute atomic E-state index is 12.0. The Bertz CT molecular complexity index is 710. The van der Waals surface area contributed by atoms with Gasteiger partial charge in [-0.3, -0.25) is 4.79 Å². The normalized spacial score (nSPS) is 13.8. The lowest BCUT2D eigenvalue weighted by Crippen LogP contribution is -2.22. The predicted molar refractivity (Wildman–Crippen MR) is 85.3 cm³/mol. The minimum Gasteiger partial charge on any atom is -0.454 e. The van der Waals surface area contributed by atoms with Crippen LogP contribution in [0.25, 0.3) is 0 Å². The summed E-state index contributed by atoms with van der Waals surface area (Å²) in [5.74, 6) is 2.97. The number of hydrogen-bond donors (Lipinski definition) is 1. The fourth-order valence-corrected chi connectivity index (χ4v) is 2.69. The van der Waals surface area contributed by atoms with Crippen LogP contribution >= 0.6 is 0 Å². The molecule has 1 amide bonds. The van der Waals surface area contributed by atoms with Gasteiger partial charge in [0, 0.05) is 13.0 Å². The molecule has 0 bridgehead atoms. The molecular formula is C18H17NO5. The third-order valence-corrected chi connectivity index (χ3v) is 4.00. The van der Waals surface area contributed by atoms with Crippen LogP contribution in [-0.2, 0) is 17.8 Å². The van der Waals surface area contributed by atoms with Gasteiger partial charge in [0.25, 0.3) is 0 Å². The van der Waals surface area contributed by atoms with Crippen molar-refractivity contribution in [3.8, 4) is 23.0 Å². The fourth-order valence-electron chi connectivity index (χ4n) is 2.69. The Morgan fingerprint density at radius 3 is 2.12 bits per heavy atom. The number of aryl methyl sites for hydroxylation is 1. The highest BCUT2D eigenvalue weighted by molar-refractivity contribution is 5.76. The lowest BCUT2D eigenvalue weighted by molar-refractivity contribution is -0.121. The number of fused-ring (bicyclic) bond motifs is 2. The number of hydrogen-bond acceptors (Lipinski definition) is 5. The van der Waals surface area contributed by atoms with E-state index >= 15 is 0 Å². The maximum atomic E-state index is 12.0. The standard InChI is InChI=1S/C18H17NO5/c20-18(6-3-12-1-4-14-16(7-12)23-10-21-14)19-9-13-2-5-15-17(8-13)24-11-22-15/h1-2,4-5,7-8H,3,6,9-11H2,(H,19,20). The third-order valence-electron chi connectivity index (χ3n) is 4.00. The van der Waals surface area contributed by atoms with Gasteiger partial charge in [-0.05, 0) is 41.8 Å². The van der Waals surface area contributed by atoms with Crippen molar-refractivity contribution >= 4 is 5.91 Å². The summed E-state index contributed by atoms with van der Waals surface area (Å²) >= 11 is 0. The summed E-state index contributed by atoms with van der Waals surface area (Å²) in [4.78, 5) is 12.0. The van der Waals surface area contributed by atoms with Crippen molar-refractivity contribution in [3.05, 3.63) is 47.5 Å². The topological polar surface area (TPSA) is 66.0 Å². The van der Waals surface area contributed by atoms with Crippen LogP contribution in [0.1, 0.15) is 17.5 Å². The van der Waals surface area contributed by atoms with Crippen LogP contribution in [0, 0.1) is 0 Å². The first-order valence-corrected chi connectivity index (χ1v) is 7.82. The maximum Gasteiger partial charge on any atom is 0.231 e. The quantitative estimate of drug-likeness (QED) is 0.913. The van der Waals surface area contributed by atoms with Crippen molar-refractivity contribution in [2.75, 3.05) is 13.6 Å².